The molecule has 0 aliphatic rings. The average Bonchev–Trinajstić information content (AvgIpc) is 2.02. The van der Waals surface area contributed by atoms with E-state index in [1.54, 1.807) is 0 Å². The molecule has 1 N–H and O–H groups in total. The summed E-state index contributed by atoms with van der Waals surface area (Å²) < 4.78 is 23.2. The van der Waals surface area contributed by atoms with Gasteiger partial charge in [-0.15, -0.1) is 0 Å². The summed E-state index contributed by atoms with van der Waals surface area (Å²) >= 11 is -3.46. The van der Waals surface area contributed by atoms with Gasteiger partial charge in [-0.05, 0) is 0 Å². The molecule has 0 amide bonds. The number of unbranched alkanes of at least 4 members (excludes halogenated alkanes) is 5. The fraction of sp³-hybridized carbons (Fsp3) is 1.00. The van der Waals surface area contributed by atoms with Crippen molar-refractivity contribution in [2.24, 2.45) is 0 Å². The van der Waals surface area contributed by atoms with Crippen molar-refractivity contribution < 1.29 is 31.4 Å². The Balaban J connectivity index is 2.86. The summed E-state index contributed by atoms with van der Waals surface area (Å²) in [5.74, 6) is 0. The third-order valence-electron chi connectivity index (χ3n) is 1.72. The van der Waals surface area contributed by atoms with Gasteiger partial charge in [0.25, 0.3) is 0 Å². The first-order valence-corrected chi connectivity index (χ1v) is 7.73. The van der Waals surface area contributed by atoms with E-state index in [1.807, 2.05) is 0 Å². The molecule has 0 spiro atoms. The molecule has 3 nitrogen and oxygen atoms in total. The number of rotatable bonds is 8. The molecule has 0 bridgehead atoms. The topological polar surface area (TPSA) is 46.5 Å². The van der Waals surface area contributed by atoms with Crippen LogP contribution >= 0.6 is 0 Å². The van der Waals surface area contributed by atoms with Crippen molar-refractivity contribution in [3.63, 3.8) is 0 Å². The Morgan fingerprint density at radius 3 is 2.33 bits per heavy atom. The van der Waals surface area contributed by atoms with Crippen LogP contribution in [-0.4, -0.2) is 9.79 Å². The Morgan fingerprint density at radius 2 is 1.75 bits per heavy atom. The van der Waals surface area contributed by atoms with Crippen LogP contribution in [0.1, 0.15) is 45.4 Å². The molecule has 0 rings (SSSR count). The Bertz CT molecular complexity index is 117. The Hall–Kier alpha value is 0.603. The Morgan fingerprint density at radius 1 is 1.17 bits per heavy atom. The van der Waals surface area contributed by atoms with Crippen LogP contribution in [0.2, 0.25) is 0 Å². The van der Waals surface area contributed by atoms with Gasteiger partial charge in [0.2, 0.25) is 0 Å². The fourth-order valence-electron chi connectivity index (χ4n) is 1.04. The van der Waals surface area contributed by atoms with Crippen LogP contribution in [0, 0.1) is 0 Å². The van der Waals surface area contributed by atoms with Crippen LogP contribution in [0.3, 0.4) is 0 Å². The van der Waals surface area contributed by atoms with Crippen LogP contribution in [0.4, 0.5) is 0 Å². The van der Waals surface area contributed by atoms with Gasteiger partial charge in [0.15, 0.2) is 0 Å². The quantitative estimate of drug-likeness (QED) is 0.674. The summed E-state index contributed by atoms with van der Waals surface area (Å²) in [4.78, 5) is 0. The maximum absolute atomic E-state index is 10.2. The standard InChI is InChI=1S/C8H17O.H2O.O.Zr/c1-2-3-4-5-6-7-8-9;;;/h2-8H2,1H3;1H2;;/q-1;;;+2/p-1. The molecule has 0 radical (unpaired) electrons. The maximum atomic E-state index is 10.2. The minimum atomic E-state index is -3.46. The van der Waals surface area contributed by atoms with Crippen molar-refractivity contribution in [1.82, 2.24) is 0 Å². The first-order valence-electron chi connectivity index (χ1n) is 4.63. The fourth-order valence-corrected chi connectivity index (χ4v) is 1.83. The SMILES string of the molecule is CCCCCCCC[O][Zr](=[O])[OH]. The third kappa shape index (κ3) is 10.6. The molecule has 0 heterocycles. The van der Waals surface area contributed by atoms with Crippen LogP contribution in [0.15, 0.2) is 0 Å². The molecule has 4 heteroatoms. The molecule has 0 fully saturated rings. The van der Waals surface area contributed by atoms with E-state index < -0.39 is 22.6 Å². The van der Waals surface area contributed by atoms with Crippen molar-refractivity contribution in [2.45, 2.75) is 45.4 Å². The molecule has 0 atom stereocenters. The summed E-state index contributed by atoms with van der Waals surface area (Å²) in [5, 5.41) is 0. The minimum absolute atomic E-state index is 0.473. The monoisotopic (exact) mass is 252 g/mol. The van der Waals surface area contributed by atoms with Crippen LogP contribution in [0.25, 0.3) is 0 Å². The van der Waals surface area contributed by atoms with Gasteiger partial charge in [0.1, 0.15) is 0 Å². The molecule has 0 aliphatic heterocycles. The molecular weight excluding hydrogens is 235 g/mol. The third-order valence-corrected chi connectivity index (χ3v) is 2.83. The molecule has 0 saturated heterocycles. The van der Waals surface area contributed by atoms with Crippen molar-refractivity contribution in [3.05, 3.63) is 0 Å². The molecule has 0 saturated carbocycles. The second kappa shape index (κ2) is 9.69. The predicted octanol–water partition coefficient (Wildman–Crippen LogP) is 2.15. The van der Waals surface area contributed by atoms with Gasteiger partial charge in [0, 0.05) is 0 Å². The first kappa shape index (κ1) is 12.6. The van der Waals surface area contributed by atoms with E-state index in [1.165, 1.54) is 25.7 Å². The zero-order valence-corrected chi connectivity index (χ0v) is 10.2. The molecule has 0 aromatic heterocycles. The zero-order chi connectivity index (χ0) is 9.23. The van der Waals surface area contributed by atoms with Crippen molar-refractivity contribution >= 4 is 0 Å². The predicted molar refractivity (Wildman–Crippen MR) is 42.2 cm³/mol. The van der Waals surface area contributed by atoms with Crippen LogP contribution < -0.4 is 0 Å². The van der Waals surface area contributed by atoms with Gasteiger partial charge < -0.3 is 0 Å². The molecule has 12 heavy (non-hydrogen) atoms. The van der Waals surface area contributed by atoms with Gasteiger partial charge in [-0.2, -0.15) is 0 Å². The normalized spacial score (nSPS) is 10.2. The summed E-state index contributed by atoms with van der Waals surface area (Å²) in [7, 11) is 0. The van der Waals surface area contributed by atoms with E-state index in [4.69, 9.17) is 3.18 Å². The van der Waals surface area contributed by atoms with Crippen molar-refractivity contribution in [2.75, 3.05) is 6.61 Å². The number of hydrogen-bond donors (Lipinski definition) is 1. The van der Waals surface area contributed by atoms with E-state index in [0.29, 0.717) is 6.61 Å². The molecule has 0 aromatic carbocycles. The van der Waals surface area contributed by atoms with E-state index in [9.17, 15) is 2.81 Å². The van der Waals surface area contributed by atoms with Crippen LogP contribution in [-0.2, 0) is 28.3 Å². The Kier molecular flexibility index (Phi) is 10.2. The zero-order valence-electron chi connectivity index (χ0n) is 7.71. The van der Waals surface area contributed by atoms with Gasteiger partial charge in [-0.3, -0.25) is 0 Å². The molecule has 0 aromatic rings. The van der Waals surface area contributed by atoms with Crippen molar-refractivity contribution in [3.8, 4) is 0 Å². The van der Waals surface area contributed by atoms with Gasteiger partial charge in [-0.25, -0.2) is 0 Å². The van der Waals surface area contributed by atoms with Gasteiger partial charge >= 0.3 is 83.5 Å². The summed E-state index contributed by atoms with van der Waals surface area (Å²) in [6, 6.07) is 0. The van der Waals surface area contributed by atoms with Gasteiger partial charge in [-0.1, -0.05) is 0 Å². The van der Waals surface area contributed by atoms with Crippen molar-refractivity contribution in [1.29, 1.82) is 0 Å². The summed E-state index contributed by atoms with van der Waals surface area (Å²) in [6.45, 7) is 2.66. The molecular formula is C8H18O3Zr. The molecule has 0 aliphatic carbocycles. The first-order chi connectivity index (χ1) is 5.77. The summed E-state index contributed by atoms with van der Waals surface area (Å²) in [5.41, 5.74) is 0. The average molecular weight is 253 g/mol. The Labute approximate surface area is 83.5 Å². The van der Waals surface area contributed by atoms with E-state index >= 15 is 0 Å². The van der Waals surface area contributed by atoms with E-state index in [2.05, 4.69) is 9.74 Å². The molecule has 72 valence electrons. The van der Waals surface area contributed by atoms with Gasteiger partial charge in [0.05, 0.1) is 0 Å². The number of hydrogen-bond acceptors (Lipinski definition) is 2. The molecule has 0 unspecified atom stereocenters. The second-order valence-corrected chi connectivity index (χ2v) is 4.90. The summed E-state index contributed by atoms with van der Waals surface area (Å²) in [6.07, 6.45) is 7.10. The second-order valence-electron chi connectivity index (χ2n) is 2.88. The van der Waals surface area contributed by atoms with E-state index in [-0.39, 0.29) is 0 Å². The van der Waals surface area contributed by atoms with E-state index in [0.717, 1.165) is 12.8 Å². The van der Waals surface area contributed by atoms with Crippen LogP contribution in [0.5, 0.6) is 0 Å².